The maximum atomic E-state index is 13.0. The second-order valence-electron chi connectivity index (χ2n) is 7.51. The Balaban J connectivity index is 2.31. The lowest BCUT2D eigenvalue weighted by Crippen LogP contribution is -2.30. The Labute approximate surface area is 171 Å². The number of hydrogen-bond acceptors (Lipinski definition) is 4. The van der Waals surface area contributed by atoms with Gasteiger partial charge in [-0.25, -0.2) is 0 Å². The van der Waals surface area contributed by atoms with Crippen LogP contribution in [-0.4, -0.2) is 35.4 Å². The number of ketones is 1. The molecule has 3 rings (SSSR count). The number of methoxy groups -OCH3 is 1. The molecule has 1 N–H and O–H groups in total. The monoisotopic (exact) mass is 393 g/mol. The summed E-state index contributed by atoms with van der Waals surface area (Å²) in [7, 11) is 1.53. The van der Waals surface area contributed by atoms with E-state index in [0.717, 1.165) is 22.3 Å². The summed E-state index contributed by atoms with van der Waals surface area (Å²) in [5.74, 6) is -0.937. The van der Waals surface area contributed by atoms with Crippen molar-refractivity contribution in [2.24, 2.45) is 0 Å². The molecular weight excluding hydrogens is 366 g/mol. The molecule has 1 amide bonds. The average molecular weight is 393 g/mol. The van der Waals surface area contributed by atoms with Crippen molar-refractivity contribution in [3.05, 3.63) is 69.8 Å². The van der Waals surface area contributed by atoms with Crippen LogP contribution in [0.3, 0.4) is 0 Å². The van der Waals surface area contributed by atoms with Gasteiger partial charge < -0.3 is 14.7 Å². The first kappa shape index (κ1) is 20.6. The number of rotatable bonds is 5. The summed E-state index contributed by atoms with van der Waals surface area (Å²) in [5, 5.41) is 11.3. The van der Waals surface area contributed by atoms with Gasteiger partial charge >= 0.3 is 0 Å². The molecule has 29 heavy (non-hydrogen) atoms. The molecule has 1 heterocycles. The lowest BCUT2D eigenvalue weighted by Gasteiger charge is -2.26. The van der Waals surface area contributed by atoms with Crippen molar-refractivity contribution in [1.82, 2.24) is 4.90 Å². The van der Waals surface area contributed by atoms with Gasteiger partial charge in [-0.05, 0) is 55.5 Å². The summed E-state index contributed by atoms with van der Waals surface area (Å²) in [6.45, 7) is 8.14. The SMILES string of the molecule is CCCN1C(=O)C(=O)/C(=C(/O)c2cc(C)cc(C)c2OC)C1c1ccccc1C. The van der Waals surface area contributed by atoms with Crippen LogP contribution in [0.5, 0.6) is 5.75 Å². The van der Waals surface area contributed by atoms with Crippen molar-refractivity contribution in [3.8, 4) is 5.75 Å². The summed E-state index contributed by atoms with van der Waals surface area (Å²) < 4.78 is 5.51. The maximum absolute atomic E-state index is 13.0. The first-order valence-corrected chi connectivity index (χ1v) is 9.81. The largest absolute Gasteiger partial charge is 0.507 e. The summed E-state index contributed by atoms with van der Waals surface area (Å²) >= 11 is 0. The van der Waals surface area contributed by atoms with Crippen LogP contribution in [0.25, 0.3) is 5.76 Å². The van der Waals surface area contributed by atoms with Gasteiger partial charge in [-0.15, -0.1) is 0 Å². The lowest BCUT2D eigenvalue weighted by atomic mass is 9.91. The third-order valence-electron chi connectivity index (χ3n) is 5.37. The van der Waals surface area contributed by atoms with E-state index < -0.39 is 17.7 Å². The molecule has 152 valence electrons. The van der Waals surface area contributed by atoms with Gasteiger partial charge in [0.05, 0.1) is 24.3 Å². The summed E-state index contributed by atoms with van der Waals surface area (Å²) in [6.07, 6.45) is 0.711. The standard InChI is InChI=1S/C24H27NO4/c1-6-11-25-20(17-10-8-7-9-15(17)3)19(22(27)24(25)28)21(26)18-13-14(2)12-16(4)23(18)29-5/h7-10,12-13,20,26H,6,11H2,1-5H3/b21-19+. The number of hydrogen-bond donors (Lipinski definition) is 1. The van der Waals surface area contributed by atoms with Gasteiger partial charge in [0.1, 0.15) is 11.5 Å². The highest BCUT2D eigenvalue weighted by Gasteiger charge is 2.46. The highest BCUT2D eigenvalue weighted by atomic mass is 16.5. The van der Waals surface area contributed by atoms with Crippen LogP contribution in [0.1, 0.15) is 47.2 Å². The number of likely N-dealkylation sites (tertiary alicyclic amines) is 1. The molecule has 1 fully saturated rings. The molecule has 2 aromatic carbocycles. The Morgan fingerprint density at radius 2 is 1.79 bits per heavy atom. The van der Waals surface area contributed by atoms with Gasteiger partial charge in [0.15, 0.2) is 0 Å². The Hall–Kier alpha value is -3.08. The number of aryl methyl sites for hydroxylation is 3. The third-order valence-corrected chi connectivity index (χ3v) is 5.37. The fraction of sp³-hybridized carbons (Fsp3) is 0.333. The van der Waals surface area contributed by atoms with E-state index in [-0.39, 0.29) is 11.3 Å². The normalized spacial score (nSPS) is 18.4. The molecule has 1 unspecified atom stereocenters. The molecule has 5 nitrogen and oxygen atoms in total. The number of nitrogens with zero attached hydrogens (tertiary/aromatic N) is 1. The van der Waals surface area contributed by atoms with Crippen molar-refractivity contribution in [2.45, 2.75) is 40.2 Å². The topological polar surface area (TPSA) is 66.8 Å². The van der Waals surface area contributed by atoms with E-state index in [1.807, 2.05) is 58.0 Å². The third kappa shape index (κ3) is 3.53. The van der Waals surface area contributed by atoms with Gasteiger partial charge in [-0.1, -0.05) is 37.3 Å². The van der Waals surface area contributed by atoms with E-state index in [4.69, 9.17) is 4.74 Å². The minimum Gasteiger partial charge on any atom is -0.507 e. The van der Waals surface area contributed by atoms with E-state index >= 15 is 0 Å². The van der Waals surface area contributed by atoms with Crippen LogP contribution in [0, 0.1) is 20.8 Å². The Morgan fingerprint density at radius 3 is 2.41 bits per heavy atom. The lowest BCUT2D eigenvalue weighted by molar-refractivity contribution is -0.139. The molecule has 1 aliphatic rings. The van der Waals surface area contributed by atoms with Crippen LogP contribution in [0.4, 0.5) is 0 Å². The van der Waals surface area contributed by atoms with Crippen LogP contribution < -0.4 is 4.74 Å². The predicted molar refractivity (Wildman–Crippen MR) is 113 cm³/mol. The molecule has 0 aliphatic carbocycles. The zero-order valence-corrected chi connectivity index (χ0v) is 17.6. The van der Waals surface area contributed by atoms with Crippen molar-refractivity contribution < 1.29 is 19.4 Å². The number of Topliss-reactive ketones (excluding diaryl/α,β-unsaturated/α-hetero) is 1. The summed E-state index contributed by atoms with van der Waals surface area (Å²) in [6, 6.07) is 10.7. The fourth-order valence-electron chi connectivity index (χ4n) is 4.11. The van der Waals surface area contributed by atoms with E-state index in [9.17, 15) is 14.7 Å². The predicted octanol–water partition coefficient (Wildman–Crippen LogP) is 4.45. The zero-order valence-electron chi connectivity index (χ0n) is 17.6. The second kappa shape index (κ2) is 8.11. The number of benzene rings is 2. The molecule has 5 heteroatoms. The van der Waals surface area contributed by atoms with E-state index in [0.29, 0.717) is 24.3 Å². The van der Waals surface area contributed by atoms with Crippen LogP contribution in [0.15, 0.2) is 42.0 Å². The Bertz CT molecular complexity index is 1010. The molecule has 0 aromatic heterocycles. The average Bonchev–Trinajstić information content (AvgIpc) is 2.92. The minimum absolute atomic E-state index is 0.112. The van der Waals surface area contributed by atoms with Gasteiger partial charge in [0.2, 0.25) is 0 Å². The fourth-order valence-corrected chi connectivity index (χ4v) is 4.11. The number of carbonyl (C=O) groups excluding carboxylic acids is 2. The van der Waals surface area contributed by atoms with Crippen molar-refractivity contribution in [1.29, 1.82) is 0 Å². The van der Waals surface area contributed by atoms with Gasteiger partial charge in [-0.3, -0.25) is 9.59 Å². The first-order chi connectivity index (χ1) is 13.8. The van der Waals surface area contributed by atoms with Crippen LogP contribution in [-0.2, 0) is 9.59 Å². The molecule has 2 aromatic rings. The summed E-state index contributed by atoms with van der Waals surface area (Å²) in [4.78, 5) is 27.4. The maximum Gasteiger partial charge on any atom is 0.295 e. The van der Waals surface area contributed by atoms with Gasteiger partial charge in [-0.2, -0.15) is 0 Å². The van der Waals surface area contributed by atoms with E-state index in [1.54, 1.807) is 11.0 Å². The quantitative estimate of drug-likeness (QED) is 0.463. The highest BCUT2D eigenvalue weighted by molar-refractivity contribution is 6.46. The first-order valence-electron chi connectivity index (χ1n) is 9.81. The van der Waals surface area contributed by atoms with Crippen LogP contribution in [0.2, 0.25) is 0 Å². The Kier molecular flexibility index (Phi) is 5.78. The minimum atomic E-state index is -0.662. The Morgan fingerprint density at radius 1 is 1.10 bits per heavy atom. The van der Waals surface area contributed by atoms with Gasteiger partial charge in [0, 0.05) is 6.54 Å². The van der Waals surface area contributed by atoms with Crippen molar-refractivity contribution in [2.75, 3.05) is 13.7 Å². The zero-order chi connectivity index (χ0) is 21.3. The molecule has 0 radical (unpaired) electrons. The number of ether oxygens (including phenoxy) is 1. The van der Waals surface area contributed by atoms with E-state index in [2.05, 4.69) is 0 Å². The van der Waals surface area contributed by atoms with E-state index in [1.165, 1.54) is 7.11 Å². The molecular formula is C24H27NO4. The number of carbonyl (C=O) groups is 2. The molecule has 1 atom stereocenters. The number of aliphatic hydroxyl groups is 1. The summed E-state index contributed by atoms with van der Waals surface area (Å²) in [5.41, 5.74) is 4.12. The number of aliphatic hydroxyl groups excluding tert-OH is 1. The van der Waals surface area contributed by atoms with Gasteiger partial charge in [0.25, 0.3) is 11.7 Å². The van der Waals surface area contributed by atoms with Crippen LogP contribution >= 0.6 is 0 Å². The van der Waals surface area contributed by atoms with Crippen molar-refractivity contribution >= 4 is 17.4 Å². The molecule has 0 bridgehead atoms. The molecule has 1 saturated heterocycles. The smallest absolute Gasteiger partial charge is 0.295 e. The second-order valence-corrected chi connectivity index (χ2v) is 7.51. The molecule has 1 aliphatic heterocycles. The molecule has 0 saturated carbocycles. The molecule has 0 spiro atoms. The number of amides is 1. The highest BCUT2D eigenvalue weighted by Crippen LogP contribution is 2.42. The van der Waals surface area contributed by atoms with Crippen molar-refractivity contribution in [3.63, 3.8) is 0 Å².